The van der Waals surface area contributed by atoms with Gasteiger partial charge in [0.15, 0.2) is 6.29 Å². The van der Waals surface area contributed by atoms with Gasteiger partial charge in [0.25, 0.3) is 0 Å². The van der Waals surface area contributed by atoms with Gasteiger partial charge in [0.05, 0.1) is 0 Å². The molecule has 21 heavy (non-hydrogen) atoms. The molecule has 0 aromatic carbocycles. The van der Waals surface area contributed by atoms with Gasteiger partial charge in [-0.15, -0.1) is 0 Å². The van der Waals surface area contributed by atoms with Crippen LogP contribution in [0.3, 0.4) is 0 Å². The molecule has 128 valence electrons. The minimum absolute atomic E-state index is 0.534. The molecule has 0 aromatic rings. The predicted octanol–water partition coefficient (Wildman–Crippen LogP) is 2.76. The number of aliphatic hydroxyl groups excluding tert-OH is 1. The maximum absolute atomic E-state index is 8.51. The summed E-state index contributed by atoms with van der Waals surface area (Å²) in [4.78, 5) is 0. The zero-order valence-electron chi connectivity index (χ0n) is 14.0. The van der Waals surface area contributed by atoms with Crippen LogP contribution in [0, 0.1) is 11.8 Å². The molecule has 1 aliphatic rings. The number of unbranched alkanes of at least 4 members (excludes halogenated alkanes) is 5. The molecule has 0 saturated heterocycles. The van der Waals surface area contributed by atoms with Crippen molar-refractivity contribution in [3.8, 4) is 0 Å². The zero-order valence-corrected chi connectivity index (χ0v) is 14.0. The number of rotatable bonds is 9. The van der Waals surface area contributed by atoms with Crippen molar-refractivity contribution in [3.05, 3.63) is 0 Å². The van der Waals surface area contributed by atoms with Crippen LogP contribution in [0.25, 0.3) is 0 Å². The molecule has 1 fully saturated rings. The summed E-state index contributed by atoms with van der Waals surface area (Å²) in [7, 11) is 0. The molecule has 0 radical (unpaired) electrons. The summed E-state index contributed by atoms with van der Waals surface area (Å²) in [6.45, 7) is 3.91. The van der Waals surface area contributed by atoms with E-state index in [1.54, 1.807) is 0 Å². The van der Waals surface area contributed by atoms with Crippen LogP contribution in [0.4, 0.5) is 0 Å². The third kappa shape index (κ3) is 13.2. The smallest absolute Gasteiger partial charge is 0.151 e. The van der Waals surface area contributed by atoms with Gasteiger partial charge in [0, 0.05) is 0 Å². The molecular weight excluding hydrogens is 264 g/mol. The molecule has 0 spiro atoms. The molecule has 1 saturated carbocycles. The highest BCUT2D eigenvalue weighted by atomic mass is 16.5. The second kappa shape index (κ2) is 14.8. The van der Waals surface area contributed by atoms with Crippen LogP contribution in [0.1, 0.15) is 77.6 Å². The van der Waals surface area contributed by atoms with Gasteiger partial charge in [-0.05, 0) is 57.0 Å². The molecule has 0 heterocycles. The number of hydrogen-bond donors (Lipinski definition) is 4. The number of aliphatic hydroxyl groups is 2. The average molecular weight is 303 g/mol. The van der Waals surface area contributed by atoms with E-state index in [9.17, 15) is 0 Å². The van der Waals surface area contributed by atoms with Crippen molar-refractivity contribution in [2.45, 2.75) is 83.8 Å². The number of hydrogen-bond acceptors (Lipinski definition) is 4. The van der Waals surface area contributed by atoms with Gasteiger partial charge in [0.2, 0.25) is 0 Å². The molecule has 1 rings (SSSR count). The van der Waals surface area contributed by atoms with E-state index in [1.807, 2.05) is 0 Å². The second-order valence-corrected chi connectivity index (χ2v) is 6.41. The van der Waals surface area contributed by atoms with E-state index in [2.05, 4.69) is 6.92 Å². The molecule has 4 nitrogen and oxygen atoms in total. The molecule has 0 aromatic heterocycles. The van der Waals surface area contributed by atoms with Crippen LogP contribution in [0.5, 0.6) is 0 Å². The first-order chi connectivity index (χ1) is 10.1. The van der Waals surface area contributed by atoms with Gasteiger partial charge in [-0.25, -0.2) is 0 Å². The Morgan fingerprint density at radius 3 is 1.90 bits per heavy atom. The van der Waals surface area contributed by atoms with Gasteiger partial charge in [0.1, 0.15) is 0 Å². The van der Waals surface area contributed by atoms with Crippen LogP contribution in [0.2, 0.25) is 0 Å². The van der Waals surface area contributed by atoms with Crippen LogP contribution >= 0.6 is 0 Å². The Morgan fingerprint density at radius 1 is 0.905 bits per heavy atom. The Bertz CT molecular complexity index is 203. The summed E-state index contributed by atoms with van der Waals surface area (Å²) in [5.41, 5.74) is 11.2. The van der Waals surface area contributed by atoms with Crippen LogP contribution in [-0.2, 0) is 0 Å². The maximum atomic E-state index is 8.51. The summed E-state index contributed by atoms with van der Waals surface area (Å²) >= 11 is 0. The first-order valence-electron chi connectivity index (χ1n) is 8.90. The molecule has 0 aliphatic heterocycles. The highest BCUT2D eigenvalue weighted by molar-refractivity contribution is 4.73. The second-order valence-electron chi connectivity index (χ2n) is 6.41. The monoisotopic (exact) mass is 302 g/mol. The maximum Gasteiger partial charge on any atom is 0.151 e. The largest absolute Gasteiger partial charge is 0.368 e. The van der Waals surface area contributed by atoms with Crippen LogP contribution < -0.4 is 11.5 Å². The fraction of sp³-hybridized carbons (Fsp3) is 1.00. The fourth-order valence-corrected chi connectivity index (χ4v) is 2.94. The molecular formula is C17H38N2O2. The normalized spacial score (nSPS) is 22.0. The van der Waals surface area contributed by atoms with E-state index in [-0.39, 0.29) is 0 Å². The first kappa shape index (κ1) is 20.8. The minimum Gasteiger partial charge on any atom is -0.368 e. The van der Waals surface area contributed by atoms with E-state index in [4.69, 9.17) is 21.7 Å². The van der Waals surface area contributed by atoms with Gasteiger partial charge >= 0.3 is 0 Å². The standard InChI is InChI=1S/C9H20O2.C8H18N2/c1-2-3-4-5-6-7-8-9(10)11;9-5-7-2-1-3-8(4-7)6-10/h9-11H,2-8H2,1H3;7-8H,1-6,9-10H2. The Hall–Kier alpha value is -0.160. The summed E-state index contributed by atoms with van der Waals surface area (Å²) in [5.74, 6) is 1.53. The summed E-state index contributed by atoms with van der Waals surface area (Å²) in [5, 5.41) is 17.0. The molecule has 2 atom stereocenters. The van der Waals surface area contributed by atoms with E-state index < -0.39 is 6.29 Å². The predicted molar refractivity (Wildman–Crippen MR) is 89.8 cm³/mol. The Kier molecular flexibility index (Phi) is 14.7. The van der Waals surface area contributed by atoms with Crippen molar-refractivity contribution in [2.75, 3.05) is 13.1 Å². The van der Waals surface area contributed by atoms with Crippen molar-refractivity contribution in [1.82, 2.24) is 0 Å². The SMILES string of the molecule is CCCCCCCCC(O)O.NCC1CCCC(CN)C1. The van der Waals surface area contributed by atoms with Gasteiger partial charge in [-0.2, -0.15) is 0 Å². The highest BCUT2D eigenvalue weighted by Gasteiger charge is 2.19. The third-order valence-corrected chi connectivity index (χ3v) is 4.37. The van der Waals surface area contributed by atoms with E-state index in [1.165, 1.54) is 51.4 Å². The van der Waals surface area contributed by atoms with Crippen LogP contribution in [0.15, 0.2) is 0 Å². The average Bonchev–Trinajstić information content (AvgIpc) is 2.51. The Labute approximate surface area is 131 Å². The lowest BCUT2D eigenvalue weighted by Crippen LogP contribution is -2.26. The summed E-state index contributed by atoms with van der Waals surface area (Å²) < 4.78 is 0. The highest BCUT2D eigenvalue weighted by Crippen LogP contribution is 2.27. The molecule has 0 bridgehead atoms. The molecule has 2 unspecified atom stereocenters. The zero-order chi connectivity index (χ0) is 15.9. The first-order valence-corrected chi connectivity index (χ1v) is 8.90. The molecule has 0 amide bonds. The van der Waals surface area contributed by atoms with E-state index in [0.29, 0.717) is 6.42 Å². The Morgan fingerprint density at radius 2 is 1.43 bits per heavy atom. The molecule has 4 heteroatoms. The number of nitrogens with two attached hydrogens (primary N) is 2. The van der Waals surface area contributed by atoms with Gasteiger partial charge < -0.3 is 21.7 Å². The third-order valence-electron chi connectivity index (χ3n) is 4.37. The van der Waals surface area contributed by atoms with Crippen molar-refractivity contribution in [3.63, 3.8) is 0 Å². The Balaban J connectivity index is 0.000000382. The topological polar surface area (TPSA) is 92.5 Å². The van der Waals surface area contributed by atoms with Crippen LogP contribution in [-0.4, -0.2) is 29.6 Å². The van der Waals surface area contributed by atoms with E-state index in [0.717, 1.165) is 37.8 Å². The minimum atomic E-state index is -1.10. The lowest BCUT2D eigenvalue weighted by atomic mass is 9.81. The van der Waals surface area contributed by atoms with Crippen molar-refractivity contribution in [2.24, 2.45) is 23.3 Å². The van der Waals surface area contributed by atoms with Gasteiger partial charge in [-0.3, -0.25) is 0 Å². The molecule has 6 N–H and O–H groups in total. The lowest BCUT2D eigenvalue weighted by molar-refractivity contribution is -0.0466. The quantitative estimate of drug-likeness (QED) is 0.389. The van der Waals surface area contributed by atoms with E-state index >= 15 is 0 Å². The van der Waals surface area contributed by atoms with Crippen molar-refractivity contribution < 1.29 is 10.2 Å². The fourth-order valence-electron chi connectivity index (χ4n) is 2.94. The van der Waals surface area contributed by atoms with Crippen molar-refractivity contribution in [1.29, 1.82) is 0 Å². The van der Waals surface area contributed by atoms with Crippen molar-refractivity contribution >= 4 is 0 Å². The van der Waals surface area contributed by atoms with Gasteiger partial charge in [-0.1, -0.05) is 45.4 Å². The summed E-state index contributed by atoms with van der Waals surface area (Å²) in [6.07, 6.45) is 11.9. The lowest BCUT2D eigenvalue weighted by Gasteiger charge is -2.26. The molecule has 1 aliphatic carbocycles. The summed E-state index contributed by atoms with van der Waals surface area (Å²) in [6, 6.07) is 0.